The van der Waals surface area contributed by atoms with Crippen LogP contribution >= 0.6 is 0 Å². The first-order chi connectivity index (χ1) is 9.88. The van der Waals surface area contributed by atoms with Crippen molar-refractivity contribution in [1.82, 2.24) is 0 Å². The standard InChI is InChI=1S/C16H22O5/c1-6-9-21-13-10-11(19-4)7-8-12(13)14(17)16(2,3)15(18)20-5/h6-8,10,14,17H,1,9H2,2-5H3. The summed E-state index contributed by atoms with van der Waals surface area (Å²) in [5.41, 5.74) is -0.608. The van der Waals surface area contributed by atoms with Gasteiger partial charge in [0.25, 0.3) is 0 Å². The van der Waals surface area contributed by atoms with Gasteiger partial charge in [0, 0.05) is 11.6 Å². The molecular weight excluding hydrogens is 272 g/mol. The Bertz CT molecular complexity index is 507. The molecule has 0 aliphatic rings. The highest BCUT2D eigenvalue weighted by Gasteiger charge is 2.39. The Hall–Kier alpha value is -2.01. The van der Waals surface area contributed by atoms with E-state index in [0.717, 1.165) is 0 Å². The number of rotatable bonds is 7. The third kappa shape index (κ3) is 3.76. The number of ether oxygens (including phenoxy) is 3. The predicted molar refractivity (Wildman–Crippen MR) is 79.4 cm³/mol. The second-order valence-electron chi connectivity index (χ2n) is 5.12. The minimum absolute atomic E-state index is 0.283. The van der Waals surface area contributed by atoms with E-state index in [0.29, 0.717) is 17.1 Å². The molecule has 0 radical (unpaired) electrons. The molecule has 1 unspecified atom stereocenters. The van der Waals surface area contributed by atoms with E-state index < -0.39 is 17.5 Å². The maximum Gasteiger partial charge on any atom is 0.314 e. The van der Waals surface area contributed by atoms with Gasteiger partial charge in [-0.25, -0.2) is 0 Å². The first-order valence-corrected chi connectivity index (χ1v) is 6.56. The van der Waals surface area contributed by atoms with Crippen molar-refractivity contribution in [3.63, 3.8) is 0 Å². The molecule has 0 spiro atoms. The molecule has 1 aromatic rings. The van der Waals surface area contributed by atoms with Crippen molar-refractivity contribution in [3.05, 3.63) is 36.4 Å². The number of benzene rings is 1. The second kappa shape index (κ2) is 7.13. The van der Waals surface area contributed by atoms with E-state index in [1.54, 1.807) is 45.2 Å². The number of aliphatic hydroxyl groups is 1. The largest absolute Gasteiger partial charge is 0.497 e. The van der Waals surface area contributed by atoms with E-state index in [4.69, 9.17) is 14.2 Å². The number of esters is 1. The van der Waals surface area contributed by atoms with Crippen LogP contribution in [0.1, 0.15) is 25.5 Å². The molecule has 0 amide bonds. The van der Waals surface area contributed by atoms with Crippen molar-refractivity contribution >= 4 is 5.97 Å². The van der Waals surface area contributed by atoms with E-state index in [1.807, 2.05) is 0 Å². The third-order valence-corrected chi connectivity index (χ3v) is 3.27. The van der Waals surface area contributed by atoms with Crippen molar-refractivity contribution in [3.8, 4) is 11.5 Å². The fourth-order valence-corrected chi connectivity index (χ4v) is 1.90. The molecule has 0 aromatic heterocycles. The molecule has 1 atom stereocenters. The number of carbonyl (C=O) groups excluding carboxylic acids is 1. The maximum atomic E-state index is 11.8. The van der Waals surface area contributed by atoms with Crippen LogP contribution in [0.2, 0.25) is 0 Å². The van der Waals surface area contributed by atoms with Crippen LogP contribution in [-0.4, -0.2) is 31.9 Å². The highest BCUT2D eigenvalue weighted by Crippen LogP contribution is 2.40. The van der Waals surface area contributed by atoms with Crippen LogP contribution in [-0.2, 0) is 9.53 Å². The summed E-state index contributed by atoms with van der Waals surface area (Å²) in [6.07, 6.45) is 0.525. The van der Waals surface area contributed by atoms with Crippen LogP contribution in [0, 0.1) is 5.41 Å². The number of aliphatic hydroxyl groups excluding tert-OH is 1. The lowest BCUT2D eigenvalue weighted by Crippen LogP contribution is -2.32. The zero-order valence-corrected chi connectivity index (χ0v) is 12.9. The summed E-state index contributed by atoms with van der Waals surface area (Å²) < 4.78 is 15.4. The van der Waals surface area contributed by atoms with Gasteiger partial charge in [0.05, 0.1) is 25.7 Å². The second-order valence-corrected chi connectivity index (χ2v) is 5.12. The molecule has 0 heterocycles. The van der Waals surface area contributed by atoms with Crippen molar-refractivity contribution in [2.45, 2.75) is 20.0 Å². The van der Waals surface area contributed by atoms with Crippen LogP contribution in [0.3, 0.4) is 0 Å². The van der Waals surface area contributed by atoms with E-state index in [2.05, 4.69) is 6.58 Å². The Morgan fingerprint density at radius 1 is 1.43 bits per heavy atom. The van der Waals surface area contributed by atoms with Crippen molar-refractivity contribution in [2.75, 3.05) is 20.8 Å². The zero-order valence-electron chi connectivity index (χ0n) is 12.9. The lowest BCUT2D eigenvalue weighted by atomic mass is 9.82. The SMILES string of the molecule is C=CCOc1cc(OC)ccc1C(O)C(C)(C)C(=O)OC. The molecule has 0 saturated heterocycles. The van der Waals surface area contributed by atoms with E-state index in [9.17, 15) is 9.90 Å². The normalized spacial score (nSPS) is 12.4. The molecule has 1 rings (SSSR count). The van der Waals surface area contributed by atoms with Crippen molar-refractivity contribution < 1.29 is 24.1 Å². The minimum atomic E-state index is -1.10. The summed E-state index contributed by atoms with van der Waals surface area (Å²) in [7, 11) is 2.83. The van der Waals surface area contributed by atoms with Crippen molar-refractivity contribution in [1.29, 1.82) is 0 Å². The van der Waals surface area contributed by atoms with Gasteiger partial charge in [0.15, 0.2) is 0 Å². The smallest absolute Gasteiger partial charge is 0.314 e. The van der Waals surface area contributed by atoms with Gasteiger partial charge in [0.2, 0.25) is 0 Å². The molecule has 1 aromatic carbocycles. The summed E-state index contributed by atoms with van der Waals surface area (Å²) in [5, 5.41) is 10.5. The van der Waals surface area contributed by atoms with Gasteiger partial charge in [-0.15, -0.1) is 0 Å². The predicted octanol–water partition coefficient (Wildman–Crippen LogP) is 2.49. The Morgan fingerprint density at radius 3 is 2.62 bits per heavy atom. The van der Waals surface area contributed by atoms with Crippen molar-refractivity contribution in [2.24, 2.45) is 5.41 Å². The molecule has 0 aliphatic carbocycles. The molecule has 0 aliphatic heterocycles. The lowest BCUT2D eigenvalue weighted by molar-refractivity contribution is -0.157. The molecule has 0 bridgehead atoms. The quantitative estimate of drug-likeness (QED) is 0.618. The van der Waals surface area contributed by atoms with Crippen LogP contribution in [0.25, 0.3) is 0 Å². The lowest BCUT2D eigenvalue weighted by Gasteiger charge is -2.29. The molecule has 0 fully saturated rings. The van der Waals surface area contributed by atoms with Crippen LogP contribution in [0.4, 0.5) is 0 Å². The number of methoxy groups -OCH3 is 2. The molecule has 21 heavy (non-hydrogen) atoms. The van der Waals surface area contributed by atoms with Gasteiger partial charge in [-0.05, 0) is 26.0 Å². The highest BCUT2D eigenvalue weighted by molar-refractivity contribution is 5.77. The Morgan fingerprint density at radius 2 is 2.10 bits per heavy atom. The fourth-order valence-electron chi connectivity index (χ4n) is 1.90. The van der Waals surface area contributed by atoms with E-state index >= 15 is 0 Å². The molecule has 116 valence electrons. The van der Waals surface area contributed by atoms with Crippen LogP contribution < -0.4 is 9.47 Å². The minimum Gasteiger partial charge on any atom is -0.497 e. The first-order valence-electron chi connectivity index (χ1n) is 6.56. The van der Waals surface area contributed by atoms with E-state index in [1.165, 1.54) is 7.11 Å². The number of carbonyl (C=O) groups is 1. The van der Waals surface area contributed by atoms with Gasteiger partial charge >= 0.3 is 5.97 Å². The maximum absolute atomic E-state index is 11.8. The van der Waals surface area contributed by atoms with Crippen LogP contribution in [0.15, 0.2) is 30.9 Å². The molecule has 0 saturated carbocycles. The fraction of sp³-hybridized carbons (Fsp3) is 0.438. The Labute approximate surface area is 125 Å². The molecular formula is C16H22O5. The summed E-state index contributed by atoms with van der Waals surface area (Å²) in [6.45, 7) is 7.11. The molecule has 5 nitrogen and oxygen atoms in total. The zero-order chi connectivity index (χ0) is 16.0. The summed E-state index contributed by atoms with van der Waals surface area (Å²) >= 11 is 0. The van der Waals surface area contributed by atoms with E-state index in [-0.39, 0.29) is 6.61 Å². The Kier molecular flexibility index (Phi) is 5.79. The van der Waals surface area contributed by atoms with Gasteiger partial charge in [-0.3, -0.25) is 4.79 Å². The van der Waals surface area contributed by atoms with Crippen LogP contribution in [0.5, 0.6) is 11.5 Å². The number of hydrogen-bond donors (Lipinski definition) is 1. The summed E-state index contributed by atoms with van der Waals surface area (Å²) in [4.78, 5) is 11.8. The Balaban J connectivity index is 3.20. The summed E-state index contributed by atoms with van der Waals surface area (Å²) in [5.74, 6) is 0.542. The molecule has 1 N–H and O–H groups in total. The topological polar surface area (TPSA) is 65.0 Å². The molecule has 5 heteroatoms. The first kappa shape index (κ1) is 17.0. The third-order valence-electron chi connectivity index (χ3n) is 3.27. The highest BCUT2D eigenvalue weighted by atomic mass is 16.5. The van der Waals surface area contributed by atoms with Gasteiger partial charge in [-0.1, -0.05) is 12.7 Å². The van der Waals surface area contributed by atoms with Gasteiger partial charge in [0.1, 0.15) is 18.1 Å². The van der Waals surface area contributed by atoms with Gasteiger partial charge in [-0.2, -0.15) is 0 Å². The average Bonchev–Trinajstić information content (AvgIpc) is 2.50. The number of hydrogen-bond acceptors (Lipinski definition) is 5. The monoisotopic (exact) mass is 294 g/mol. The summed E-state index contributed by atoms with van der Waals surface area (Å²) in [6, 6.07) is 5.04. The van der Waals surface area contributed by atoms with Gasteiger partial charge < -0.3 is 19.3 Å². The average molecular weight is 294 g/mol.